The molecule has 1 aliphatic carbocycles. The Bertz CT molecular complexity index is 778. The van der Waals surface area contributed by atoms with E-state index in [2.05, 4.69) is 20.4 Å². The van der Waals surface area contributed by atoms with Crippen LogP contribution in [0.25, 0.3) is 5.78 Å². The third-order valence-electron chi connectivity index (χ3n) is 3.01. The molecule has 0 spiro atoms. The zero-order valence-corrected chi connectivity index (χ0v) is 12.2. The Morgan fingerprint density at radius 2 is 2.14 bits per heavy atom. The number of allylic oxidation sites excluding steroid dienone is 3. The lowest BCUT2D eigenvalue weighted by Gasteiger charge is -2.13. The molecule has 5 nitrogen and oxygen atoms in total. The van der Waals surface area contributed by atoms with Gasteiger partial charge in [0.25, 0.3) is 11.6 Å². The Hall–Kier alpha value is -2.09. The number of aromatic nitrogens is 4. The molecule has 1 unspecified atom stereocenters. The summed E-state index contributed by atoms with van der Waals surface area (Å²) < 4.78 is 39.2. The van der Waals surface area contributed by atoms with Gasteiger partial charge in [0.2, 0.25) is 0 Å². The Balaban J connectivity index is 2.02. The summed E-state index contributed by atoms with van der Waals surface area (Å²) in [6.07, 6.45) is 1.45. The van der Waals surface area contributed by atoms with Gasteiger partial charge in [0.15, 0.2) is 0 Å². The van der Waals surface area contributed by atoms with E-state index >= 15 is 0 Å². The number of aryl methyl sites for hydroxylation is 1. The van der Waals surface area contributed by atoms with Crippen LogP contribution in [0, 0.1) is 6.92 Å². The lowest BCUT2D eigenvalue weighted by atomic mass is 10.1. The lowest BCUT2D eigenvalue weighted by molar-refractivity contribution is -0.144. The Labute approximate surface area is 128 Å². The largest absolute Gasteiger partial charge is 0.453 e. The topological polar surface area (TPSA) is 55.1 Å². The van der Waals surface area contributed by atoms with Crippen LogP contribution in [0.3, 0.4) is 0 Å². The summed E-state index contributed by atoms with van der Waals surface area (Å²) in [7, 11) is 0. The minimum atomic E-state index is -4.62. The summed E-state index contributed by atoms with van der Waals surface area (Å²) in [4.78, 5) is 7.39. The van der Waals surface area contributed by atoms with Gasteiger partial charge in [0.1, 0.15) is 5.82 Å². The Morgan fingerprint density at radius 1 is 1.36 bits per heavy atom. The van der Waals surface area contributed by atoms with Gasteiger partial charge < -0.3 is 5.32 Å². The van der Waals surface area contributed by atoms with E-state index < -0.39 is 12.0 Å². The predicted molar refractivity (Wildman–Crippen MR) is 75.6 cm³/mol. The summed E-state index contributed by atoms with van der Waals surface area (Å²) >= 11 is 5.94. The molecule has 3 rings (SSSR count). The first-order valence-corrected chi connectivity index (χ1v) is 6.87. The van der Waals surface area contributed by atoms with Crippen molar-refractivity contribution in [3.63, 3.8) is 0 Å². The highest BCUT2D eigenvalue weighted by molar-refractivity contribution is 6.22. The van der Waals surface area contributed by atoms with Crippen molar-refractivity contribution in [3.05, 3.63) is 41.5 Å². The minimum Gasteiger partial charge on any atom is -0.340 e. The average Bonchev–Trinajstić information content (AvgIpc) is 2.85. The smallest absolute Gasteiger partial charge is 0.340 e. The van der Waals surface area contributed by atoms with E-state index in [9.17, 15) is 13.2 Å². The second kappa shape index (κ2) is 5.28. The molecule has 22 heavy (non-hydrogen) atoms. The standard InChI is InChI=1S/C13H11ClF3N5/c1-7-6-10(19-9-4-2-8(14)3-5-9)22-12(18-7)20-11(21-22)13(15,16)17/h2,4-6,8,19H,3H2,1H3. The molecule has 1 aliphatic rings. The summed E-state index contributed by atoms with van der Waals surface area (Å²) in [5.41, 5.74) is 1.26. The van der Waals surface area contributed by atoms with Crippen molar-refractivity contribution in [1.82, 2.24) is 19.6 Å². The molecule has 1 atom stereocenters. The van der Waals surface area contributed by atoms with Gasteiger partial charge in [-0.25, -0.2) is 4.98 Å². The zero-order valence-electron chi connectivity index (χ0n) is 11.4. The molecule has 0 saturated carbocycles. The van der Waals surface area contributed by atoms with E-state index in [0.717, 1.165) is 10.2 Å². The molecule has 0 radical (unpaired) electrons. The number of hydrogen-bond donors (Lipinski definition) is 1. The van der Waals surface area contributed by atoms with E-state index in [1.54, 1.807) is 25.1 Å². The molecule has 9 heteroatoms. The second-order valence-electron chi connectivity index (χ2n) is 4.82. The number of fused-ring (bicyclic) bond motifs is 1. The first-order valence-electron chi connectivity index (χ1n) is 6.44. The molecule has 0 fully saturated rings. The highest BCUT2D eigenvalue weighted by Crippen LogP contribution is 2.27. The summed E-state index contributed by atoms with van der Waals surface area (Å²) in [5, 5.41) is 6.43. The first kappa shape index (κ1) is 14.8. The van der Waals surface area contributed by atoms with E-state index in [-0.39, 0.29) is 11.2 Å². The van der Waals surface area contributed by atoms with Gasteiger partial charge in [0, 0.05) is 17.5 Å². The van der Waals surface area contributed by atoms with Gasteiger partial charge >= 0.3 is 6.18 Å². The first-order chi connectivity index (χ1) is 10.3. The molecule has 1 N–H and O–H groups in total. The maximum atomic E-state index is 12.7. The molecule has 0 aromatic carbocycles. The highest BCUT2D eigenvalue weighted by atomic mass is 35.5. The maximum Gasteiger partial charge on any atom is 0.453 e. The summed E-state index contributed by atoms with van der Waals surface area (Å²) in [6, 6.07) is 1.60. The fraction of sp³-hybridized carbons (Fsp3) is 0.308. The third-order valence-corrected chi connectivity index (χ3v) is 3.34. The van der Waals surface area contributed by atoms with Crippen LogP contribution < -0.4 is 5.32 Å². The van der Waals surface area contributed by atoms with Crippen LogP contribution in [0.2, 0.25) is 0 Å². The van der Waals surface area contributed by atoms with Gasteiger partial charge in [-0.15, -0.1) is 16.7 Å². The van der Waals surface area contributed by atoms with Crippen molar-refractivity contribution >= 4 is 23.2 Å². The molecular weight excluding hydrogens is 319 g/mol. The molecule has 0 aliphatic heterocycles. The van der Waals surface area contributed by atoms with Crippen molar-refractivity contribution in [2.45, 2.75) is 24.9 Å². The molecule has 0 saturated heterocycles. The van der Waals surface area contributed by atoms with Gasteiger partial charge in [-0.2, -0.15) is 22.7 Å². The number of alkyl halides is 4. The van der Waals surface area contributed by atoms with E-state index in [1.807, 2.05) is 6.08 Å². The zero-order chi connectivity index (χ0) is 15.9. The van der Waals surface area contributed by atoms with Crippen LogP contribution in [0.15, 0.2) is 30.0 Å². The van der Waals surface area contributed by atoms with Crippen LogP contribution in [0.4, 0.5) is 19.0 Å². The van der Waals surface area contributed by atoms with Crippen molar-refractivity contribution < 1.29 is 13.2 Å². The number of nitrogens with zero attached hydrogens (tertiary/aromatic N) is 4. The highest BCUT2D eigenvalue weighted by Gasteiger charge is 2.36. The van der Waals surface area contributed by atoms with Gasteiger partial charge in [0.05, 0.1) is 5.38 Å². The molecule has 116 valence electrons. The number of rotatable bonds is 2. The normalized spacial score (nSPS) is 18.6. The predicted octanol–water partition coefficient (Wildman–Crippen LogP) is 3.31. The SMILES string of the molecule is Cc1cc(NC2=CCC(Cl)C=C2)n2nc(C(F)(F)F)nc2n1. The number of nitrogens with one attached hydrogen (secondary N) is 1. The lowest BCUT2D eigenvalue weighted by Crippen LogP contribution is -2.10. The molecule has 2 aromatic rings. The van der Waals surface area contributed by atoms with Crippen LogP contribution in [-0.2, 0) is 6.18 Å². The van der Waals surface area contributed by atoms with Gasteiger partial charge in [-0.1, -0.05) is 12.2 Å². The molecule has 0 bridgehead atoms. The molecule has 0 amide bonds. The van der Waals surface area contributed by atoms with Crippen molar-refractivity contribution in [3.8, 4) is 0 Å². The minimum absolute atomic E-state index is 0.0760. The van der Waals surface area contributed by atoms with Crippen LogP contribution >= 0.6 is 11.6 Å². The van der Waals surface area contributed by atoms with E-state index in [0.29, 0.717) is 17.9 Å². The van der Waals surface area contributed by atoms with E-state index in [4.69, 9.17) is 11.6 Å². The fourth-order valence-electron chi connectivity index (χ4n) is 2.03. The van der Waals surface area contributed by atoms with Crippen LogP contribution in [0.1, 0.15) is 17.9 Å². The van der Waals surface area contributed by atoms with Gasteiger partial charge in [-0.05, 0) is 19.4 Å². The monoisotopic (exact) mass is 329 g/mol. The van der Waals surface area contributed by atoms with Crippen LogP contribution in [0.5, 0.6) is 0 Å². The quantitative estimate of drug-likeness (QED) is 0.859. The molecule has 2 aromatic heterocycles. The average molecular weight is 330 g/mol. The van der Waals surface area contributed by atoms with Crippen molar-refractivity contribution in [1.29, 1.82) is 0 Å². The Morgan fingerprint density at radius 3 is 2.77 bits per heavy atom. The van der Waals surface area contributed by atoms with Gasteiger partial charge in [-0.3, -0.25) is 0 Å². The number of halogens is 4. The Kier molecular flexibility index (Phi) is 3.56. The second-order valence-corrected chi connectivity index (χ2v) is 5.38. The fourth-order valence-corrected chi connectivity index (χ4v) is 2.19. The number of hydrogen-bond acceptors (Lipinski definition) is 4. The number of anilines is 1. The summed E-state index contributed by atoms with van der Waals surface area (Å²) in [6.45, 7) is 1.67. The third kappa shape index (κ3) is 2.92. The van der Waals surface area contributed by atoms with E-state index in [1.165, 1.54) is 0 Å². The molecular formula is C13H11ClF3N5. The van der Waals surface area contributed by atoms with Crippen LogP contribution in [-0.4, -0.2) is 25.0 Å². The maximum absolute atomic E-state index is 12.7. The molecule has 2 heterocycles. The van der Waals surface area contributed by atoms with Crippen molar-refractivity contribution in [2.75, 3.05) is 5.32 Å². The summed E-state index contributed by atoms with van der Waals surface area (Å²) in [5.74, 6) is -0.970. The van der Waals surface area contributed by atoms with Crippen molar-refractivity contribution in [2.24, 2.45) is 0 Å².